The molecule has 1 aromatic rings. The zero-order chi connectivity index (χ0) is 13.2. The molecule has 1 fully saturated rings. The van der Waals surface area contributed by atoms with Crippen molar-refractivity contribution in [1.29, 1.82) is 5.26 Å². The molecule has 0 radical (unpaired) electrons. The lowest BCUT2D eigenvalue weighted by Gasteiger charge is -1.98. The molecule has 7 nitrogen and oxygen atoms in total. The van der Waals surface area contributed by atoms with Crippen LogP contribution in [0.1, 0.15) is 12.2 Å². The Balaban J connectivity index is 1.99. The lowest BCUT2D eigenvalue weighted by Crippen LogP contribution is -2.37. The third kappa shape index (κ3) is 3.53. The molecular weight excluding hydrogens is 258 g/mol. The molecule has 0 amide bonds. The lowest BCUT2D eigenvalue weighted by atomic mass is 10.4. The third-order valence-electron chi connectivity index (χ3n) is 2.67. The number of epoxide rings is 1. The fraction of sp³-hybridized carbons (Fsp3) is 0.600. The number of hydrogen-bond acceptors (Lipinski definition) is 4. The Morgan fingerprint density at radius 1 is 1.67 bits per heavy atom. The van der Waals surface area contributed by atoms with Gasteiger partial charge in [-0.2, -0.15) is 13.7 Å². The van der Waals surface area contributed by atoms with Crippen LogP contribution >= 0.6 is 0 Å². The van der Waals surface area contributed by atoms with Crippen molar-refractivity contribution in [3.8, 4) is 6.07 Å². The average Bonchev–Trinajstić information content (AvgIpc) is 2.99. The van der Waals surface area contributed by atoms with E-state index in [1.165, 1.54) is 0 Å². The first-order chi connectivity index (χ1) is 8.49. The molecule has 8 heteroatoms. The maximum atomic E-state index is 10.6. The number of aryl methyl sites for hydroxylation is 1. The zero-order valence-electron chi connectivity index (χ0n) is 9.69. The molecule has 0 aliphatic carbocycles. The summed E-state index contributed by atoms with van der Waals surface area (Å²) in [5.74, 6) is 0.155. The van der Waals surface area contributed by atoms with Crippen LogP contribution in [0.4, 0.5) is 0 Å². The summed E-state index contributed by atoms with van der Waals surface area (Å²) in [5.41, 5.74) is 0. The molecule has 1 unspecified atom stereocenters. The number of nitrogens with zero attached hydrogens (tertiary/aromatic N) is 3. The summed E-state index contributed by atoms with van der Waals surface area (Å²) in [7, 11) is -3.94. The number of aromatic nitrogens is 2. The second kappa shape index (κ2) is 5.06. The quantitative estimate of drug-likeness (QED) is 0.420. The summed E-state index contributed by atoms with van der Waals surface area (Å²) >= 11 is 0. The van der Waals surface area contributed by atoms with E-state index in [1.807, 2.05) is 0 Å². The highest BCUT2D eigenvalue weighted by molar-refractivity contribution is 7.85. The first kappa shape index (κ1) is 13.0. The fourth-order valence-corrected chi connectivity index (χ4v) is 2.23. The Kier molecular flexibility index (Phi) is 3.65. The number of hydrogen-bond donors (Lipinski definition) is 1. The van der Waals surface area contributed by atoms with Crippen LogP contribution in [0, 0.1) is 11.3 Å². The molecule has 0 saturated carbocycles. The van der Waals surface area contributed by atoms with Crippen molar-refractivity contribution in [2.75, 3.05) is 12.4 Å². The number of rotatable bonds is 6. The fourth-order valence-electron chi connectivity index (χ4n) is 1.73. The summed E-state index contributed by atoms with van der Waals surface area (Å²) < 4.78 is 38.4. The Morgan fingerprint density at radius 2 is 2.39 bits per heavy atom. The van der Waals surface area contributed by atoms with Gasteiger partial charge in [0.1, 0.15) is 25.0 Å². The molecule has 1 aromatic heterocycles. The average molecular weight is 272 g/mol. The second-order valence-corrected chi connectivity index (χ2v) is 5.75. The van der Waals surface area contributed by atoms with Gasteiger partial charge in [0.05, 0.1) is 18.9 Å². The van der Waals surface area contributed by atoms with Crippen molar-refractivity contribution in [3.63, 3.8) is 0 Å². The van der Waals surface area contributed by atoms with Gasteiger partial charge in [-0.3, -0.25) is 4.55 Å². The maximum absolute atomic E-state index is 10.6. The van der Waals surface area contributed by atoms with Crippen LogP contribution in [0.15, 0.2) is 12.4 Å². The normalized spacial score (nSPS) is 18.6. The van der Waals surface area contributed by atoms with Gasteiger partial charge in [0.2, 0.25) is 0 Å². The summed E-state index contributed by atoms with van der Waals surface area (Å²) in [4.78, 5) is 0. The molecule has 0 bridgehead atoms. The molecular formula is C10H14N3O4S+. The van der Waals surface area contributed by atoms with Gasteiger partial charge >= 0.3 is 5.82 Å². The molecule has 0 spiro atoms. The minimum Gasteiger partial charge on any atom is -0.369 e. The van der Waals surface area contributed by atoms with Crippen LogP contribution in [0.5, 0.6) is 0 Å². The van der Waals surface area contributed by atoms with Gasteiger partial charge in [0, 0.05) is 6.42 Å². The van der Waals surface area contributed by atoms with Gasteiger partial charge in [-0.25, -0.2) is 9.13 Å². The Bertz CT molecular complexity index is 568. The van der Waals surface area contributed by atoms with Crippen LogP contribution in [0.3, 0.4) is 0 Å². The molecule has 0 aromatic carbocycles. The summed E-state index contributed by atoms with van der Waals surface area (Å²) in [6, 6.07) is 2.08. The monoisotopic (exact) mass is 272 g/mol. The molecule has 98 valence electrons. The third-order valence-corrected chi connectivity index (χ3v) is 3.48. The number of nitriles is 1. The van der Waals surface area contributed by atoms with Gasteiger partial charge in [-0.15, -0.1) is 0 Å². The smallest absolute Gasteiger partial charge is 0.362 e. The molecule has 1 aliphatic heterocycles. The molecule has 2 heterocycles. The molecule has 2 rings (SSSR count). The van der Waals surface area contributed by atoms with E-state index in [0.717, 1.165) is 0 Å². The van der Waals surface area contributed by atoms with Crippen LogP contribution in [-0.2, 0) is 27.9 Å². The highest BCUT2D eigenvalue weighted by Crippen LogP contribution is 2.12. The molecule has 1 aliphatic rings. The first-order valence-corrected chi connectivity index (χ1v) is 7.16. The Labute approximate surface area is 105 Å². The van der Waals surface area contributed by atoms with Gasteiger partial charge < -0.3 is 4.74 Å². The highest BCUT2D eigenvalue weighted by Gasteiger charge is 2.28. The SMILES string of the molecule is N#Cc1n(CC2CO2)cc[n+]1CCCS(=O)(=O)O. The molecule has 1 saturated heterocycles. The van der Waals surface area contributed by atoms with Crippen molar-refractivity contribution in [2.24, 2.45) is 0 Å². The van der Waals surface area contributed by atoms with Crippen LogP contribution < -0.4 is 4.57 Å². The number of ether oxygens (including phenoxy) is 1. The van der Waals surface area contributed by atoms with Crippen molar-refractivity contribution < 1.29 is 22.3 Å². The van der Waals surface area contributed by atoms with Crippen molar-refractivity contribution >= 4 is 10.1 Å². The van der Waals surface area contributed by atoms with Gasteiger partial charge in [-0.1, -0.05) is 0 Å². The van der Waals surface area contributed by atoms with E-state index in [0.29, 0.717) is 25.5 Å². The predicted molar refractivity (Wildman–Crippen MR) is 60.1 cm³/mol. The van der Waals surface area contributed by atoms with E-state index in [1.54, 1.807) is 21.5 Å². The van der Waals surface area contributed by atoms with Gasteiger partial charge in [0.15, 0.2) is 6.07 Å². The van der Waals surface area contributed by atoms with E-state index in [2.05, 4.69) is 6.07 Å². The summed E-state index contributed by atoms with van der Waals surface area (Å²) in [6.07, 6.45) is 3.94. The molecule has 1 N–H and O–H groups in total. The van der Waals surface area contributed by atoms with E-state index >= 15 is 0 Å². The van der Waals surface area contributed by atoms with E-state index in [9.17, 15) is 8.42 Å². The standard InChI is InChI=1S/C10H13N3O4S/c11-6-10-12(2-1-5-18(14,15)16)3-4-13(10)7-9-8-17-9/h3-4,9H,1-2,5,7-8H2/p+1. The van der Waals surface area contributed by atoms with Crippen LogP contribution in [-0.4, -0.2) is 36.0 Å². The van der Waals surface area contributed by atoms with Crippen molar-refractivity contribution in [1.82, 2.24) is 4.57 Å². The van der Waals surface area contributed by atoms with Crippen molar-refractivity contribution in [3.05, 3.63) is 18.2 Å². The first-order valence-electron chi connectivity index (χ1n) is 5.55. The van der Waals surface area contributed by atoms with E-state index < -0.39 is 10.1 Å². The second-order valence-electron chi connectivity index (χ2n) is 4.17. The van der Waals surface area contributed by atoms with E-state index in [-0.39, 0.29) is 18.3 Å². The lowest BCUT2D eigenvalue weighted by molar-refractivity contribution is -0.698. The van der Waals surface area contributed by atoms with Crippen LogP contribution in [0.2, 0.25) is 0 Å². The minimum atomic E-state index is -3.94. The largest absolute Gasteiger partial charge is 0.369 e. The molecule has 18 heavy (non-hydrogen) atoms. The minimum absolute atomic E-state index is 0.177. The topological polar surface area (TPSA) is 99.5 Å². The highest BCUT2D eigenvalue weighted by atomic mass is 32.2. The Hall–Kier alpha value is -1.43. The summed E-state index contributed by atoms with van der Waals surface area (Å²) in [6.45, 7) is 1.72. The Morgan fingerprint density at radius 3 is 2.94 bits per heavy atom. The summed E-state index contributed by atoms with van der Waals surface area (Å²) in [5, 5.41) is 9.08. The maximum Gasteiger partial charge on any atom is 0.362 e. The molecule has 1 atom stereocenters. The van der Waals surface area contributed by atoms with Crippen LogP contribution in [0.25, 0.3) is 0 Å². The zero-order valence-corrected chi connectivity index (χ0v) is 10.5. The van der Waals surface area contributed by atoms with Gasteiger partial charge in [0.25, 0.3) is 10.1 Å². The van der Waals surface area contributed by atoms with E-state index in [4.69, 9.17) is 14.6 Å². The number of imidazole rings is 1. The predicted octanol–water partition coefficient (Wildman–Crippen LogP) is -0.676. The van der Waals surface area contributed by atoms with Crippen molar-refractivity contribution in [2.45, 2.75) is 25.6 Å². The van der Waals surface area contributed by atoms with Gasteiger partial charge in [-0.05, 0) is 0 Å².